The quantitative estimate of drug-likeness (QED) is 0.0474. The summed E-state index contributed by atoms with van der Waals surface area (Å²) >= 11 is 0. The van der Waals surface area contributed by atoms with Crippen LogP contribution in [0.3, 0.4) is 0 Å². The Balaban J connectivity index is -0.0000000103. The summed E-state index contributed by atoms with van der Waals surface area (Å²) in [5.74, 6) is 0. The third-order valence-electron chi connectivity index (χ3n) is 0. The minimum absolute atomic E-state index is 0. The molecule has 0 aromatic rings. The van der Waals surface area contributed by atoms with E-state index in [1.807, 2.05) is 0 Å². The molecule has 0 rings (SSSR count). The van der Waals surface area contributed by atoms with Crippen LogP contribution in [0.5, 0.6) is 0 Å². The van der Waals surface area contributed by atoms with Gasteiger partial charge in [-0.1, -0.05) is 0 Å². The molecule has 0 unspecified atom stereocenters. The predicted molar refractivity (Wildman–Crippen MR) is 110 cm³/mol. The number of aliphatic hydroxyl groups excluding tert-OH is 6. The van der Waals surface area contributed by atoms with Crippen LogP contribution in [0, 0.1) is 6.92 Å². The van der Waals surface area contributed by atoms with Gasteiger partial charge in [0.25, 0.3) is 0 Å². The standard InChI is InChI=1S/6C2H6O2.C2H5.3Mo.4H2O/c6*1-2(3)4;1-2;;;;;;;/h6*2-4H,1H3;1H2,2H3;;;;4*1H2/q;;;;;;-1;;;;;;;/p+1. The van der Waals surface area contributed by atoms with Crippen molar-refractivity contribution in [1.29, 1.82) is 0 Å². The summed E-state index contributed by atoms with van der Waals surface area (Å²) < 4.78 is 0. The Morgan fingerprint density at radius 2 is 0.333 bits per heavy atom. The summed E-state index contributed by atoms with van der Waals surface area (Å²) in [7, 11) is 0. The first-order valence-electron chi connectivity index (χ1n) is 7.27. The minimum atomic E-state index is -1.17. The maximum absolute atomic E-state index is 7.61. The maximum atomic E-state index is 7.61. The Labute approximate surface area is 238 Å². The van der Waals surface area contributed by atoms with E-state index in [2.05, 4.69) is 6.92 Å². The van der Waals surface area contributed by atoms with E-state index < -0.39 is 37.7 Å². The smallest absolute Gasteiger partial charge is 0.148 e. The van der Waals surface area contributed by atoms with Crippen molar-refractivity contribution in [3.05, 3.63) is 6.92 Å². The molecule has 0 heterocycles. The van der Waals surface area contributed by atoms with Crippen molar-refractivity contribution in [2.45, 2.75) is 86.2 Å². The third-order valence-corrected chi connectivity index (χ3v) is 0. The van der Waals surface area contributed by atoms with Crippen LogP contribution in [-0.2, 0) is 68.7 Å². The van der Waals surface area contributed by atoms with Gasteiger partial charge in [0.1, 0.15) is 37.7 Å². The zero-order chi connectivity index (χ0) is 23.5. The van der Waals surface area contributed by atoms with Crippen LogP contribution < -0.4 is 0 Å². The molecule has 0 amide bonds. The fourth-order valence-corrected chi connectivity index (χ4v) is 0. The zero-order valence-electron chi connectivity index (χ0n) is 19.8. The van der Waals surface area contributed by atoms with Crippen molar-refractivity contribution < 1.29 is 146 Å². The second-order valence-electron chi connectivity index (χ2n) is 3.79. The van der Waals surface area contributed by atoms with Crippen LogP contribution in [0.15, 0.2) is 0 Å². The molecule has 0 radical (unpaired) electrons. The number of rotatable bonds is 0. The van der Waals surface area contributed by atoms with Gasteiger partial charge in [-0.3, -0.25) is 0 Å². The van der Waals surface area contributed by atoms with Gasteiger partial charge in [-0.2, -0.15) is 6.92 Å². The Morgan fingerprint density at radius 1 is 0.333 bits per heavy atom. The topological polar surface area (TPSA) is 370 Å². The SMILES string of the molecule is CC(O)O.CC(O)O.CC(O)O.CC(O)O.CC(O)O.CC(O)O.O.O.O.[CH2-]C.[Mo].[Mo].[Mo].[OH3+]. The number of aliphatic hydroxyl groups is 12. The molecule has 0 aromatic heterocycles. The van der Waals surface area contributed by atoms with Gasteiger partial charge < -0.3 is 90.1 Å². The molecule has 16 nitrogen and oxygen atoms in total. The van der Waals surface area contributed by atoms with Gasteiger partial charge in [-0.05, 0) is 41.5 Å². The van der Waals surface area contributed by atoms with Crippen molar-refractivity contribution in [2.75, 3.05) is 0 Å². The molecule has 0 spiro atoms. The van der Waals surface area contributed by atoms with Crippen LogP contribution in [-0.4, -0.2) is 115 Å². The molecular formula is C14H50Mo3O16. The second-order valence-corrected chi connectivity index (χ2v) is 3.79. The molecule has 0 aromatic carbocycles. The van der Waals surface area contributed by atoms with Crippen LogP contribution >= 0.6 is 0 Å². The van der Waals surface area contributed by atoms with E-state index in [0.717, 1.165) is 0 Å². The third kappa shape index (κ3) is 16300. The first-order valence-corrected chi connectivity index (χ1v) is 7.27. The molecule has 0 saturated heterocycles. The second kappa shape index (κ2) is 93.1. The first kappa shape index (κ1) is 92.2. The van der Waals surface area contributed by atoms with Crippen LogP contribution in [0.25, 0.3) is 0 Å². The molecule has 0 aliphatic carbocycles. The van der Waals surface area contributed by atoms with E-state index in [0.29, 0.717) is 0 Å². The summed E-state index contributed by atoms with van der Waals surface area (Å²) in [5.41, 5.74) is 0. The summed E-state index contributed by atoms with van der Waals surface area (Å²) in [4.78, 5) is 0. The average Bonchev–Trinajstić information content (AvgIpc) is 2.25. The fraction of sp³-hybridized carbons (Fsp3) is 0.929. The molecule has 33 heavy (non-hydrogen) atoms. The molecule has 0 saturated carbocycles. The van der Waals surface area contributed by atoms with Gasteiger partial charge in [-0.15, -0.1) is 0 Å². The van der Waals surface area contributed by atoms with Gasteiger partial charge in [0.05, 0.1) is 0 Å². The molecule has 0 atom stereocenters. The Morgan fingerprint density at radius 3 is 0.333 bits per heavy atom. The summed E-state index contributed by atoms with van der Waals surface area (Å²) in [6, 6.07) is 0. The Hall–Kier alpha value is 1.42. The molecular weight excluding hydrogens is 712 g/mol. The first-order chi connectivity index (χ1) is 11.4. The Bertz CT molecular complexity index is 119. The van der Waals surface area contributed by atoms with Gasteiger partial charge in [0.15, 0.2) is 0 Å². The molecule has 0 aliphatic heterocycles. The maximum Gasteiger partial charge on any atom is 0.148 e. The largest absolute Gasteiger partial charge is 0.457 e. The molecule has 0 fully saturated rings. The minimum Gasteiger partial charge on any atom is -0.457 e. The zero-order valence-corrected chi connectivity index (χ0v) is 25.9. The van der Waals surface area contributed by atoms with Crippen molar-refractivity contribution in [3.63, 3.8) is 0 Å². The van der Waals surface area contributed by atoms with E-state index in [1.165, 1.54) is 41.5 Å². The predicted octanol–water partition coefficient (Wildman–Crippen LogP) is -6.66. The van der Waals surface area contributed by atoms with E-state index in [-0.39, 0.29) is 85.1 Å². The molecule has 19 heteroatoms. The van der Waals surface area contributed by atoms with Crippen molar-refractivity contribution in [2.24, 2.45) is 0 Å². The van der Waals surface area contributed by atoms with Crippen LogP contribution in [0.1, 0.15) is 48.5 Å². The number of hydrogen-bond donors (Lipinski definition) is 12. The van der Waals surface area contributed by atoms with Crippen molar-refractivity contribution >= 4 is 0 Å². The van der Waals surface area contributed by atoms with E-state index >= 15 is 0 Å². The average molecular weight is 762 g/mol. The summed E-state index contributed by atoms with van der Waals surface area (Å²) in [6.07, 6.45) is -7.00. The Kier molecular flexibility index (Phi) is 260. The molecule has 0 bridgehead atoms. The van der Waals surface area contributed by atoms with Crippen LogP contribution in [0.2, 0.25) is 0 Å². The number of hydrogen-bond acceptors (Lipinski definition) is 12. The van der Waals surface area contributed by atoms with Gasteiger partial charge >= 0.3 is 0 Å². The van der Waals surface area contributed by atoms with E-state index in [4.69, 9.17) is 61.3 Å². The molecule has 21 N–H and O–H groups in total. The van der Waals surface area contributed by atoms with Crippen molar-refractivity contribution in [3.8, 4) is 0 Å². The van der Waals surface area contributed by atoms with Gasteiger partial charge in [0.2, 0.25) is 0 Å². The normalized spacial score (nSPS) is 6.73. The summed E-state index contributed by atoms with van der Waals surface area (Å²) in [5, 5.41) is 91.3. The van der Waals surface area contributed by atoms with E-state index in [1.54, 1.807) is 6.92 Å². The van der Waals surface area contributed by atoms with Gasteiger partial charge in [0, 0.05) is 63.2 Å². The monoisotopic (exact) mass is 768 g/mol. The molecule has 220 valence electrons. The van der Waals surface area contributed by atoms with Gasteiger partial charge in [-0.25, -0.2) is 0 Å². The van der Waals surface area contributed by atoms with Crippen molar-refractivity contribution in [1.82, 2.24) is 0 Å². The van der Waals surface area contributed by atoms with E-state index in [9.17, 15) is 0 Å². The molecule has 0 aliphatic rings. The fourth-order valence-electron chi connectivity index (χ4n) is 0. The van der Waals surface area contributed by atoms with Crippen LogP contribution in [0.4, 0.5) is 0 Å². The summed E-state index contributed by atoms with van der Waals surface area (Å²) in [6.45, 7) is 12.7.